The highest BCUT2D eigenvalue weighted by atomic mass is 79.9. The van der Waals surface area contributed by atoms with Crippen LogP contribution >= 0.6 is 15.9 Å². The number of halogens is 1. The van der Waals surface area contributed by atoms with Crippen LogP contribution in [0.4, 0.5) is 0 Å². The topological polar surface area (TPSA) is 74.6 Å². The Bertz CT molecular complexity index is 490. The van der Waals surface area contributed by atoms with Gasteiger partial charge in [-0.2, -0.15) is 8.42 Å². The molecule has 0 unspecified atom stereocenters. The second kappa shape index (κ2) is 14.9. The number of alkyl halides is 1. The zero-order valence-electron chi connectivity index (χ0n) is 14.6. The summed E-state index contributed by atoms with van der Waals surface area (Å²) >= 11 is 3.44. The fraction of sp³-hybridized carbons (Fsp3) is 0.667. The van der Waals surface area contributed by atoms with E-state index in [0.717, 1.165) is 17.3 Å². The molecule has 1 aromatic carbocycles. The van der Waals surface area contributed by atoms with Crippen molar-refractivity contribution in [3.8, 4) is 0 Å². The molecule has 2 N–H and O–H groups in total. The lowest BCUT2D eigenvalue weighted by Crippen LogP contribution is -1.96. The van der Waals surface area contributed by atoms with Gasteiger partial charge >= 0.3 is 0 Å². The van der Waals surface area contributed by atoms with E-state index in [1.807, 2.05) is 6.92 Å². The molecule has 0 bridgehead atoms. The first-order chi connectivity index (χ1) is 11.4. The molecule has 1 rings (SSSR count). The third kappa shape index (κ3) is 14.0. The van der Waals surface area contributed by atoms with Crippen molar-refractivity contribution >= 4 is 26.0 Å². The lowest BCUT2D eigenvalue weighted by atomic mass is 10.1. The average Bonchev–Trinajstić information content (AvgIpc) is 2.53. The summed E-state index contributed by atoms with van der Waals surface area (Å²) in [6.07, 6.45) is 11.7. The van der Waals surface area contributed by atoms with Gasteiger partial charge in [-0.1, -0.05) is 78.6 Å². The van der Waals surface area contributed by atoms with Gasteiger partial charge in [-0.25, -0.2) is 0 Å². The molecule has 0 atom stereocenters. The van der Waals surface area contributed by atoms with Crippen LogP contribution in [0.15, 0.2) is 29.2 Å². The fourth-order valence-electron chi connectivity index (χ4n) is 2.15. The van der Waals surface area contributed by atoms with Gasteiger partial charge in [0.2, 0.25) is 0 Å². The van der Waals surface area contributed by atoms with Gasteiger partial charge in [-0.3, -0.25) is 4.55 Å². The zero-order valence-corrected chi connectivity index (χ0v) is 17.0. The number of unbranched alkanes of at least 4 members (excludes halogenated alkanes) is 8. The maximum absolute atomic E-state index is 10.5. The quantitative estimate of drug-likeness (QED) is 0.294. The summed E-state index contributed by atoms with van der Waals surface area (Å²) in [4.78, 5) is -0.0666. The molecule has 0 aliphatic heterocycles. The summed E-state index contributed by atoms with van der Waals surface area (Å²) < 4.78 is 29.6. The normalized spacial score (nSPS) is 11.0. The third-order valence-electron chi connectivity index (χ3n) is 3.61. The molecular weight excluding hydrogens is 392 g/mol. The van der Waals surface area contributed by atoms with Gasteiger partial charge in [0, 0.05) is 11.9 Å². The summed E-state index contributed by atoms with van der Waals surface area (Å²) in [7, 11) is -4.02. The smallest absolute Gasteiger partial charge is 0.294 e. The largest absolute Gasteiger partial charge is 0.396 e. The highest BCUT2D eigenvalue weighted by Crippen LogP contribution is 2.10. The summed E-state index contributed by atoms with van der Waals surface area (Å²) in [6.45, 7) is 2.21. The Morgan fingerprint density at radius 3 is 1.62 bits per heavy atom. The van der Waals surface area contributed by atoms with Gasteiger partial charge < -0.3 is 5.11 Å². The minimum atomic E-state index is -4.02. The minimum Gasteiger partial charge on any atom is -0.396 e. The summed E-state index contributed by atoms with van der Waals surface area (Å²) in [5, 5.41) is 9.72. The van der Waals surface area contributed by atoms with Crippen LogP contribution in [0.25, 0.3) is 0 Å². The van der Waals surface area contributed by atoms with Crippen molar-refractivity contribution in [3.05, 3.63) is 29.8 Å². The van der Waals surface area contributed by atoms with Crippen LogP contribution in [0.3, 0.4) is 0 Å². The van der Waals surface area contributed by atoms with E-state index in [4.69, 9.17) is 9.66 Å². The van der Waals surface area contributed by atoms with E-state index in [2.05, 4.69) is 15.9 Å². The first-order valence-electron chi connectivity index (χ1n) is 8.62. The Morgan fingerprint density at radius 1 is 0.833 bits per heavy atom. The first kappa shape index (κ1) is 23.6. The Balaban J connectivity index is 0.000000446. The lowest BCUT2D eigenvalue weighted by Gasteiger charge is -2.00. The number of hydrogen-bond donors (Lipinski definition) is 2. The highest BCUT2D eigenvalue weighted by Gasteiger charge is 2.06. The molecule has 0 fully saturated rings. The molecule has 0 spiro atoms. The number of aliphatic hydroxyl groups is 1. The van der Waals surface area contributed by atoms with E-state index >= 15 is 0 Å². The standard InChI is InChI=1S/C11H23BrO.C7H8O3S/c12-10-8-6-4-2-1-3-5-7-9-11-13;1-6-2-4-7(5-3-6)11(8,9)10/h13H,1-11H2;2-5H,1H3,(H,8,9,10). The van der Waals surface area contributed by atoms with Crippen LogP contribution in [0.2, 0.25) is 0 Å². The molecular formula is C18H31BrO4S. The van der Waals surface area contributed by atoms with Crippen LogP contribution < -0.4 is 0 Å². The Morgan fingerprint density at radius 2 is 1.25 bits per heavy atom. The predicted molar refractivity (Wildman–Crippen MR) is 103 cm³/mol. The zero-order chi connectivity index (χ0) is 18.3. The second-order valence-electron chi connectivity index (χ2n) is 5.88. The predicted octanol–water partition coefficient (Wildman–Crippen LogP) is 5.13. The molecule has 140 valence electrons. The van der Waals surface area contributed by atoms with E-state index in [1.54, 1.807) is 12.1 Å². The van der Waals surface area contributed by atoms with Crippen LogP contribution in [0.1, 0.15) is 63.4 Å². The van der Waals surface area contributed by atoms with Crippen molar-refractivity contribution in [2.75, 3.05) is 11.9 Å². The van der Waals surface area contributed by atoms with Gasteiger partial charge in [0.15, 0.2) is 0 Å². The van der Waals surface area contributed by atoms with Gasteiger partial charge in [-0.15, -0.1) is 0 Å². The van der Waals surface area contributed by atoms with Crippen molar-refractivity contribution in [3.63, 3.8) is 0 Å². The molecule has 0 saturated heterocycles. The van der Waals surface area contributed by atoms with Crippen LogP contribution in [-0.4, -0.2) is 30.0 Å². The van der Waals surface area contributed by atoms with Crippen LogP contribution in [-0.2, 0) is 10.1 Å². The number of benzene rings is 1. The van der Waals surface area contributed by atoms with Crippen molar-refractivity contribution in [2.45, 2.75) is 69.6 Å². The molecule has 0 amide bonds. The molecule has 0 aromatic heterocycles. The highest BCUT2D eigenvalue weighted by molar-refractivity contribution is 9.09. The van der Waals surface area contributed by atoms with Crippen molar-refractivity contribution in [1.29, 1.82) is 0 Å². The van der Waals surface area contributed by atoms with Crippen LogP contribution in [0, 0.1) is 6.92 Å². The van der Waals surface area contributed by atoms with Gasteiger partial charge in [-0.05, 0) is 31.9 Å². The Hall–Kier alpha value is -0.430. The van der Waals surface area contributed by atoms with E-state index in [0.29, 0.717) is 6.61 Å². The molecule has 24 heavy (non-hydrogen) atoms. The lowest BCUT2D eigenvalue weighted by molar-refractivity contribution is 0.282. The molecule has 6 heteroatoms. The fourth-order valence-corrected chi connectivity index (χ4v) is 3.03. The SMILES string of the molecule is Cc1ccc(S(=O)(=O)O)cc1.OCCCCCCCCCCCBr. The van der Waals surface area contributed by atoms with E-state index in [-0.39, 0.29) is 4.90 Å². The molecule has 0 aliphatic rings. The molecule has 0 radical (unpaired) electrons. The molecule has 0 saturated carbocycles. The van der Waals surface area contributed by atoms with E-state index in [1.165, 1.54) is 63.5 Å². The monoisotopic (exact) mass is 422 g/mol. The van der Waals surface area contributed by atoms with Gasteiger partial charge in [0.1, 0.15) is 0 Å². The Kier molecular flexibility index (Phi) is 14.6. The number of aliphatic hydroxyl groups excluding tert-OH is 1. The number of rotatable bonds is 11. The first-order valence-corrected chi connectivity index (χ1v) is 11.2. The molecule has 4 nitrogen and oxygen atoms in total. The van der Waals surface area contributed by atoms with Gasteiger partial charge in [0.25, 0.3) is 10.1 Å². The maximum Gasteiger partial charge on any atom is 0.294 e. The number of aryl methyl sites for hydroxylation is 1. The van der Waals surface area contributed by atoms with Crippen molar-refractivity contribution in [1.82, 2.24) is 0 Å². The average molecular weight is 423 g/mol. The third-order valence-corrected chi connectivity index (χ3v) is 5.04. The number of hydrogen-bond acceptors (Lipinski definition) is 3. The molecule has 0 heterocycles. The van der Waals surface area contributed by atoms with E-state index < -0.39 is 10.1 Å². The Labute approximate surface area is 155 Å². The molecule has 1 aromatic rings. The second-order valence-corrected chi connectivity index (χ2v) is 8.10. The van der Waals surface area contributed by atoms with Crippen molar-refractivity contribution < 1.29 is 18.1 Å². The summed E-state index contributed by atoms with van der Waals surface area (Å²) in [5.41, 5.74) is 0.956. The van der Waals surface area contributed by atoms with E-state index in [9.17, 15) is 8.42 Å². The maximum atomic E-state index is 10.5. The molecule has 0 aliphatic carbocycles. The van der Waals surface area contributed by atoms with Crippen LogP contribution in [0.5, 0.6) is 0 Å². The van der Waals surface area contributed by atoms with Gasteiger partial charge in [0.05, 0.1) is 4.90 Å². The van der Waals surface area contributed by atoms with Crippen molar-refractivity contribution in [2.24, 2.45) is 0 Å². The minimum absolute atomic E-state index is 0.0666. The summed E-state index contributed by atoms with van der Waals surface area (Å²) in [6, 6.07) is 5.99. The summed E-state index contributed by atoms with van der Waals surface area (Å²) in [5.74, 6) is 0.